The second-order valence-electron chi connectivity index (χ2n) is 7.14. The van der Waals surface area contributed by atoms with Crippen molar-refractivity contribution in [2.45, 2.75) is 48.6 Å². The number of hydrogen-bond acceptors (Lipinski definition) is 6. The standard InChI is InChI=1S/C18H22N4O3S2/c1-12(17(23)19-14-9-10-27(24,25)11-14)26-18-20-16(13-7-8-13)22(21-18)15-5-3-2-4-6-15/h2-6,12-14H,7-11H2,1H3,(H,19,23). The van der Waals surface area contributed by atoms with Crippen molar-refractivity contribution in [3.05, 3.63) is 36.2 Å². The van der Waals surface area contributed by atoms with Crippen molar-refractivity contribution >= 4 is 27.5 Å². The van der Waals surface area contributed by atoms with Gasteiger partial charge in [-0.25, -0.2) is 18.1 Å². The summed E-state index contributed by atoms with van der Waals surface area (Å²) in [6, 6.07) is 9.58. The molecule has 1 saturated carbocycles. The molecule has 1 aromatic heterocycles. The lowest BCUT2D eigenvalue weighted by molar-refractivity contribution is -0.120. The van der Waals surface area contributed by atoms with Crippen LogP contribution in [0.4, 0.5) is 0 Å². The van der Waals surface area contributed by atoms with Crippen LogP contribution in [-0.2, 0) is 14.6 Å². The minimum Gasteiger partial charge on any atom is -0.351 e. The van der Waals surface area contributed by atoms with Gasteiger partial charge in [0.25, 0.3) is 0 Å². The summed E-state index contributed by atoms with van der Waals surface area (Å²) < 4.78 is 25.0. The smallest absolute Gasteiger partial charge is 0.233 e. The number of benzene rings is 1. The van der Waals surface area contributed by atoms with E-state index in [2.05, 4.69) is 15.4 Å². The maximum Gasteiger partial charge on any atom is 0.233 e. The average molecular weight is 407 g/mol. The van der Waals surface area contributed by atoms with Crippen LogP contribution in [0.15, 0.2) is 35.5 Å². The summed E-state index contributed by atoms with van der Waals surface area (Å²) in [6.07, 6.45) is 2.71. The Hall–Kier alpha value is -1.87. The number of aromatic nitrogens is 3. The molecule has 2 heterocycles. The minimum atomic E-state index is -3.01. The number of nitrogens with zero attached hydrogens (tertiary/aromatic N) is 3. The van der Waals surface area contributed by atoms with Gasteiger partial charge in [-0.3, -0.25) is 4.79 Å². The van der Waals surface area contributed by atoms with Crippen LogP contribution in [0, 0.1) is 0 Å². The first-order valence-electron chi connectivity index (χ1n) is 9.11. The van der Waals surface area contributed by atoms with Gasteiger partial charge in [0.1, 0.15) is 5.82 Å². The Bertz CT molecular complexity index is 939. The van der Waals surface area contributed by atoms with Gasteiger partial charge < -0.3 is 5.32 Å². The highest BCUT2D eigenvalue weighted by atomic mass is 32.2. The number of amides is 1. The summed E-state index contributed by atoms with van der Waals surface area (Å²) >= 11 is 1.31. The number of hydrogen-bond donors (Lipinski definition) is 1. The Kier molecular flexibility index (Phi) is 4.98. The van der Waals surface area contributed by atoms with Gasteiger partial charge in [0.2, 0.25) is 11.1 Å². The molecule has 0 bridgehead atoms. The van der Waals surface area contributed by atoms with E-state index < -0.39 is 15.1 Å². The SMILES string of the molecule is CC(Sc1nc(C2CC2)n(-c2ccccc2)n1)C(=O)NC1CCS(=O)(=O)C1. The van der Waals surface area contributed by atoms with E-state index in [4.69, 9.17) is 0 Å². The molecule has 9 heteroatoms. The molecule has 1 amide bonds. The molecule has 0 spiro atoms. The molecule has 2 atom stereocenters. The second-order valence-corrected chi connectivity index (χ2v) is 10.7. The lowest BCUT2D eigenvalue weighted by atomic mass is 10.2. The van der Waals surface area contributed by atoms with Crippen LogP contribution >= 0.6 is 11.8 Å². The van der Waals surface area contributed by atoms with Crippen LogP contribution in [0.5, 0.6) is 0 Å². The fourth-order valence-electron chi connectivity index (χ4n) is 3.16. The first kappa shape index (κ1) is 18.5. The maximum atomic E-state index is 12.4. The van der Waals surface area contributed by atoms with E-state index in [0.29, 0.717) is 17.5 Å². The molecule has 2 fully saturated rings. The number of thioether (sulfide) groups is 1. The zero-order chi connectivity index (χ0) is 19.0. The third-order valence-corrected chi connectivity index (χ3v) is 7.51. The van der Waals surface area contributed by atoms with Crippen molar-refractivity contribution < 1.29 is 13.2 Å². The van der Waals surface area contributed by atoms with Crippen LogP contribution in [0.1, 0.15) is 37.9 Å². The molecule has 1 aliphatic heterocycles. The highest BCUT2D eigenvalue weighted by Gasteiger charge is 2.32. The maximum absolute atomic E-state index is 12.4. The molecule has 4 rings (SSSR count). The molecule has 1 saturated heterocycles. The van der Waals surface area contributed by atoms with Crippen molar-refractivity contribution in [2.75, 3.05) is 11.5 Å². The number of carbonyl (C=O) groups excluding carboxylic acids is 1. The Morgan fingerprint density at radius 3 is 2.63 bits per heavy atom. The predicted molar refractivity (Wildman–Crippen MR) is 104 cm³/mol. The largest absolute Gasteiger partial charge is 0.351 e. The third kappa shape index (κ3) is 4.35. The van der Waals surface area contributed by atoms with Crippen LogP contribution in [0.3, 0.4) is 0 Å². The highest BCUT2D eigenvalue weighted by molar-refractivity contribution is 8.00. The van der Waals surface area contributed by atoms with Crippen LogP contribution in [0.25, 0.3) is 5.69 Å². The third-order valence-electron chi connectivity index (χ3n) is 4.79. The predicted octanol–water partition coefficient (Wildman–Crippen LogP) is 1.93. The normalized spacial score (nSPS) is 22.5. The molecule has 2 aliphatic rings. The number of rotatable bonds is 6. The number of sulfone groups is 1. The average Bonchev–Trinajstić information content (AvgIpc) is 3.31. The van der Waals surface area contributed by atoms with Crippen molar-refractivity contribution in [1.82, 2.24) is 20.1 Å². The van der Waals surface area contributed by atoms with Gasteiger partial charge in [-0.2, -0.15) is 0 Å². The van der Waals surface area contributed by atoms with Gasteiger partial charge in [-0.05, 0) is 38.3 Å². The molecule has 144 valence electrons. The summed E-state index contributed by atoms with van der Waals surface area (Å²) in [5.41, 5.74) is 0.965. The van der Waals surface area contributed by atoms with E-state index in [9.17, 15) is 13.2 Å². The monoisotopic (exact) mass is 406 g/mol. The zero-order valence-corrected chi connectivity index (χ0v) is 16.7. The van der Waals surface area contributed by atoms with E-state index >= 15 is 0 Å². The minimum absolute atomic E-state index is 0.0306. The number of carbonyl (C=O) groups is 1. The van der Waals surface area contributed by atoms with Gasteiger partial charge in [0, 0.05) is 12.0 Å². The molecule has 2 unspecified atom stereocenters. The Morgan fingerprint density at radius 1 is 1.26 bits per heavy atom. The van der Waals surface area contributed by atoms with Crippen molar-refractivity contribution in [3.63, 3.8) is 0 Å². The lowest BCUT2D eigenvalue weighted by Gasteiger charge is -2.14. The lowest BCUT2D eigenvalue weighted by Crippen LogP contribution is -2.39. The van der Waals surface area contributed by atoms with Gasteiger partial charge in [-0.15, -0.1) is 5.10 Å². The van der Waals surface area contributed by atoms with Crippen molar-refractivity contribution in [3.8, 4) is 5.69 Å². The molecule has 1 N–H and O–H groups in total. The molecular weight excluding hydrogens is 384 g/mol. The molecule has 1 aromatic carbocycles. The van der Waals surface area contributed by atoms with E-state index in [1.807, 2.05) is 35.0 Å². The Balaban J connectivity index is 1.45. The quantitative estimate of drug-likeness (QED) is 0.737. The molecule has 7 nitrogen and oxygen atoms in total. The van der Waals surface area contributed by atoms with Gasteiger partial charge in [-0.1, -0.05) is 30.0 Å². The summed E-state index contributed by atoms with van der Waals surface area (Å²) in [6.45, 7) is 1.80. The Morgan fingerprint density at radius 2 is 2.00 bits per heavy atom. The summed E-state index contributed by atoms with van der Waals surface area (Å²) in [7, 11) is -3.01. The highest BCUT2D eigenvalue weighted by Crippen LogP contribution is 2.40. The molecular formula is C18H22N4O3S2. The first-order valence-corrected chi connectivity index (χ1v) is 11.8. The molecule has 27 heavy (non-hydrogen) atoms. The molecule has 1 aliphatic carbocycles. The van der Waals surface area contributed by atoms with Crippen molar-refractivity contribution in [2.24, 2.45) is 0 Å². The molecule has 2 aromatic rings. The molecule has 0 radical (unpaired) electrons. The fraction of sp³-hybridized carbons (Fsp3) is 0.500. The summed E-state index contributed by atoms with van der Waals surface area (Å²) in [5, 5.41) is 7.63. The van der Waals surface area contributed by atoms with Crippen molar-refractivity contribution in [1.29, 1.82) is 0 Å². The van der Waals surface area contributed by atoms with Crippen LogP contribution in [0.2, 0.25) is 0 Å². The zero-order valence-electron chi connectivity index (χ0n) is 15.0. The summed E-state index contributed by atoms with van der Waals surface area (Å²) in [4.78, 5) is 17.1. The topological polar surface area (TPSA) is 93.9 Å². The summed E-state index contributed by atoms with van der Waals surface area (Å²) in [5.74, 6) is 1.38. The fourth-order valence-corrected chi connectivity index (χ4v) is 5.60. The van der Waals surface area contributed by atoms with Gasteiger partial charge in [0.15, 0.2) is 9.84 Å². The number of para-hydroxylation sites is 1. The van der Waals surface area contributed by atoms with E-state index in [-0.39, 0.29) is 23.5 Å². The van der Waals surface area contributed by atoms with Crippen LogP contribution in [-0.4, -0.2) is 51.9 Å². The first-order chi connectivity index (χ1) is 12.9. The van der Waals surface area contributed by atoms with E-state index in [1.165, 1.54) is 11.8 Å². The van der Waals surface area contributed by atoms with Crippen LogP contribution < -0.4 is 5.32 Å². The number of nitrogens with one attached hydrogen (secondary N) is 1. The Labute approximate surface area is 162 Å². The van der Waals surface area contributed by atoms with Gasteiger partial charge >= 0.3 is 0 Å². The second kappa shape index (κ2) is 7.27. The van der Waals surface area contributed by atoms with Gasteiger partial charge in [0.05, 0.1) is 22.4 Å². The van der Waals surface area contributed by atoms with E-state index in [0.717, 1.165) is 24.4 Å². The van der Waals surface area contributed by atoms with E-state index in [1.54, 1.807) is 6.92 Å².